The minimum Gasteiger partial charge on any atom is -0.475 e. The van der Waals surface area contributed by atoms with Gasteiger partial charge in [0.15, 0.2) is 5.82 Å². The predicted molar refractivity (Wildman–Crippen MR) is 120 cm³/mol. The number of hydrogen-bond donors (Lipinski definition) is 4. The van der Waals surface area contributed by atoms with Crippen LogP contribution in [0.25, 0.3) is 0 Å². The number of carbonyl (C=O) groups is 2. The van der Waals surface area contributed by atoms with E-state index in [0.717, 1.165) is 18.7 Å². The van der Waals surface area contributed by atoms with Crippen LogP contribution in [0.15, 0.2) is 24.4 Å². The molecule has 176 valence electrons. The molecule has 4 rings (SSSR count). The van der Waals surface area contributed by atoms with Crippen LogP contribution in [-0.2, 0) is 0 Å². The van der Waals surface area contributed by atoms with E-state index in [2.05, 4.69) is 30.5 Å². The zero-order chi connectivity index (χ0) is 23.5. The minimum absolute atomic E-state index is 0.0201. The smallest absolute Gasteiger partial charge is 0.330 e. The van der Waals surface area contributed by atoms with Crippen molar-refractivity contribution in [2.24, 2.45) is 0 Å². The summed E-state index contributed by atoms with van der Waals surface area (Å²) in [6, 6.07) is 4.34. The molecule has 0 saturated carbocycles. The number of amides is 3. The molecule has 0 spiro atoms. The first-order valence-corrected chi connectivity index (χ1v) is 10.8. The van der Waals surface area contributed by atoms with Crippen molar-refractivity contribution in [2.45, 2.75) is 38.5 Å². The van der Waals surface area contributed by atoms with Gasteiger partial charge >= 0.3 is 6.03 Å². The SMILES string of the molecule is CC(C)NC(=O)c1ccc2c(n1)N(C(=O)Nc1nccc(OC[C@H](O)CO)n1)[C@H]1CCN2C1. The highest BCUT2D eigenvalue weighted by molar-refractivity contribution is 6.04. The standard InChI is InChI=1S/C21H27N7O5/c1-12(2)23-19(31)15-3-4-16-18(24-15)28(13-6-8-27(16)9-13)21(32)26-20-22-7-5-17(25-20)33-11-14(30)10-29/h3-5,7,12-14,29-30H,6,8-11H2,1-2H3,(H,23,31)(H,22,25,26,32)/t13-,14+/m0/s1. The van der Waals surface area contributed by atoms with Crippen LogP contribution in [0.1, 0.15) is 30.8 Å². The second-order valence-electron chi connectivity index (χ2n) is 8.22. The Bertz CT molecular complexity index is 1030. The molecule has 2 aliphatic heterocycles. The molecule has 0 aromatic carbocycles. The van der Waals surface area contributed by atoms with Gasteiger partial charge in [0.05, 0.1) is 18.3 Å². The molecule has 0 aliphatic carbocycles. The highest BCUT2D eigenvalue weighted by Gasteiger charge is 2.40. The molecule has 2 atom stereocenters. The van der Waals surface area contributed by atoms with E-state index < -0.39 is 18.7 Å². The summed E-state index contributed by atoms with van der Waals surface area (Å²) in [6.07, 6.45) is 1.14. The van der Waals surface area contributed by atoms with E-state index in [-0.39, 0.29) is 42.1 Å². The molecule has 3 amide bonds. The number of nitrogens with one attached hydrogen (secondary N) is 2. The largest absolute Gasteiger partial charge is 0.475 e. The van der Waals surface area contributed by atoms with Crippen molar-refractivity contribution in [3.05, 3.63) is 30.1 Å². The fourth-order valence-electron chi connectivity index (χ4n) is 3.81. The summed E-state index contributed by atoms with van der Waals surface area (Å²) in [6.45, 7) is 4.60. The van der Waals surface area contributed by atoms with Crippen molar-refractivity contribution >= 4 is 29.4 Å². The van der Waals surface area contributed by atoms with Gasteiger partial charge in [-0.2, -0.15) is 4.98 Å². The lowest BCUT2D eigenvalue weighted by atomic mass is 10.1. The Morgan fingerprint density at radius 2 is 2.09 bits per heavy atom. The normalized spacial score (nSPS) is 17.5. The van der Waals surface area contributed by atoms with Crippen LogP contribution in [0, 0.1) is 0 Å². The molecule has 0 unspecified atom stereocenters. The number of ether oxygens (including phenoxy) is 1. The van der Waals surface area contributed by atoms with Crippen LogP contribution in [-0.4, -0.2) is 81.6 Å². The van der Waals surface area contributed by atoms with E-state index in [0.29, 0.717) is 12.4 Å². The number of aromatic nitrogens is 3. The first-order valence-electron chi connectivity index (χ1n) is 10.8. The highest BCUT2D eigenvalue weighted by atomic mass is 16.5. The molecule has 2 bridgehead atoms. The molecule has 2 aromatic heterocycles. The number of hydrogen-bond acceptors (Lipinski definition) is 9. The second-order valence-corrected chi connectivity index (χ2v) is 8.22. The number of aliphatic hydroxyl groups is 2. The number of pyridine rings is 1. The van der Waals surface area contributed by atoms with Crippen molar-refractivity contribution < 1.29 is 24.5 Å². The third kappa shape index (κ3) is 4.96. The molecule has 2 aliphatic rings. The third-order valence-electron chi connectivity index (χ3n) is 5.31. The monoisotopic (exact) mass is 457 g/mol. The molecular formula is C21H27N7O5. The molecular weight excluding hydrogens is 430 g/mol. The van der Waals surface area contributed by atoms with E-state index >= 15 is 0 Å². The van der Waals surface area contributed by atoms with Gasteiger partial charge in [0, 0.05) is 31.4 Å². The molecule has 4 N–H and O–H groups in total. The fraction of sp³-hybridized carbons (Fsp3) is 0.476. The molecule has 1 fully saturated rings. The Morgan fingerprint density at radius 1 is 1.27 bits per heavy atom. The van der Waals surface area contributed by atoms with Gasteiger partial charge < -0.3 is 25.2 Å². The molecule has 0 radical (unpaired) electrons. The molecule has 33 heavy (non-hydrogen) atoms. The summed E-state index contributed by atoms with van der Waals surface area (Å²) in [5.41, 5.74) is 1.02. The van der Waals surface area contributed by atoms with E-state index in [1.165, 1.54) is 12.3 Å². The maximum atomic E-state index is 13.3. The lowest BCUT2D eigenvalue weighted by Gasteiger charge is -2.35. The average molecular weight is 457 g/mol. The number of anilines is 3. The first kappa shape index (κ1) is 22.7. The Kier molecular flexibility index (Phi) is 6.56. The molecule has 12 nitrogen and oxygen atoms in total. The number of rotatable bonds is 7. The van der Waals surface area contributed by atoms with Crippen molar-refractivity contribution in [2.75, 3.05) is 41.4 Å². The van der Waals surface area contributed by atoms with Crippen LogP contribution >= 0.6 is 0 Å². The van der Waals surface area contributed by atoms with Crippen LogP contribution in [0.4, 0.5) is 22.2 Å². The van der Waals surface area contributed by atoms with E-state index in [1.807, 2.05) is 19.9 Å². The summed E-state index contributed by atoms with van der Waals surface area (Å²) in [7, 11) is 0. The molecule has 4 heterocycles. The molecule has 2 aromatic rings. The highest BCUT2D eigenvalue weighted by Crippen LogP contribution is 2.39. The summed E-state index contributed by atoms with van der Waals surface area (Å²) in [5.74, 6) is 0.270. The lowest BCUT2D eigenvalue weighted by Crippen LogP contribution is -2.48. The van der Waals surface area contributed by atoms with Crippen LogP contribution in [0.2, 0.25) is 0 Å². The Morgan fingerprint density at radius 3 is 2.85 bits per heavy atom. The van der Waals surface area contributed by atoms with Crippen LogP contribution in [0.5, 0.6) is 5.88 Å². The topological polar surface area (TPSA) is 153 Å². The first-order chi connectivity index (χ1) is 15.9. The van der Waals surface area contributed by atoms with Gasteiger partial charge in [0.25, 0.3) is 5.91 Å². The quantitative estimate of drug-likeness (QED) is 0.462. The van der Waals surface area contributed by atoms with Crippen LogP contribution in [0.3, 0.4) is 0 Å². The summed E-state index contributed by atoms with van der Waals surface area (Å²) < 4.78 is 5.32. The van der Waals surface area contributed by atoms with E-state index in [9.17, 15) is 14.7 Å². The Balaban J connectivity index is 1.56. The van der Waals surface area contributed by atoms with E-state index in [1.54, 1.807) is 11.0 Å². The number of carbonyl (C=O) groups excluding carboxylic acids is 2. The fourth-order valence-corrected chi connectivity index (χ4v) is 3.81. The van der Waals surface area contributed by atoms with Crippen molar-refractivity contribution in [3.8, 4) is 5.88 Å². The maximum absolute atomic E-state index is 13.3. The van der Waals surface area contributed by atoms with Crippen LogP contribution < -0.4 is 25.2 Å². The Labute approximate surface area is 190 Å². The van der Waals surface area contributed by atoms with E-state index in [4.69, 9.17) is 9.84 Å². The summed E-state index contributed by atoms with van der Waals surface area (Å²) in [5, 5.41) is 23.8. The number of nitrogens with zero attached hydrogens (tertiary/aromatic N) is 5. The molecule has 12 heteroatoms. The van der Waals surface area contributed by atoms with Crippen molar-refractivity contribution in [1.82, 2.24) is 20.3 Å². The van der Waals surface area contributed by atoms with Gasteiger partial charge in [0.2, 0.25) is 11.8 Å². The predicted octanol–water partition coefficient (Wildman–Crippen LogP) is 0.373. The Hall–Kier alpha value is -3.51. The summed E-state index contributed by atoms with van der Waals surface area (Å²) in [4.78, 5) is 42.2. The number of aliphatic hydroxyl groups excluding tert-OH is 2. The third-order valence-corrected chi connectivity index (χ3v) is 5.31. The zero-order valence-corrected chi connectivity index (χ0v) is 18.4. The van der Waals surface area contributed by atoms with Gasteiger partial charge in [-0.05, 0) is 32.4 Å². The van der Waals surface area contributed by atoms with Crippen molar-refractivity contribution in [3.63, 3.8) is 0 Å². The second kappa shape index (κ2) is 9.55. The van der Waals surface area contributed by atoms with Gasteiger partial charge in [-0.15, -0.1) is 0 Å². The average Bonchev–Trinajstić information content (AvgIpc) is 3.21. The summed E-state index contributed by atoms with van der Waals surface area (Å²) >= 11 is 0. The number of fused-ring (bicyclic) bond motifs is 4. The maximum Gasteiger partial charge on any atom is 0.330 e. The van der Waals surface area contributed by atoms with Gasteiger partial charge in [-0.25, -0.2) is 14.8 Å². The minimum atomic E-state index is -1.04. The zero-order valence-electron chi connectivity index (χ0n) is 18.4. The lowest BCUT2D eigenvalue weighted by molar-refractivity contribution is 0.0521. The number of urea groups is 1. The van der Waals surface area contributed by atoms with Gasteiger partial charge in [-0.3, -0.25) is 15.0 Å². The van der Waals surface area contributed by atoms with Gasteiger partial charge in [0.1, 0.15) is 18.4 Å². The van der Waals surface area contributed by atoms with Crippen molar-refractivity contribution in [1.29, 1.82) is 0 Å². The van der Waals surface area contributed by atoms with Gasteiger partial charge in [-0.1, -0.05) is 0 Å². The molecule has 1 saturated heterocycles.